The molecule has 1 aliphatic heterocycles. The second kappa shape index (κ2) is 12.4. The number of para-hydroxylation sites is 1. The molecule has 2 aromatic carbocycles. The topological polar surface area (TPSA) is 131 Å². The minimum absolute atomic E-state index is 0.00802. The van der Waals surface area contributed by atoms with E-state index < -0.39 is 12.7 Å². The fourth-order valence-corrected chi connectivity index (χ4v) is 6.10. The van der Waals surface area contributed by atoms with Crippen LogP contribution < -0.4 is 11.5 Å². The van der Waals surface area contributed by atoms with E-state index in [1.54, 1.807) is 22.9 Å². The number of piperidine rings is 1. The van der Waals surface area contributed by atoms with Crippen molar-refractivity contribution in [2.45, 2.75) is 57.2 Å². The maximum Gasteiger partial charge on any atom is 0.224 e. The van der Waals surface area contributed by atoms with Crippen molar-refractivity contribution in [3.05, 3.63) is 83.4 Å². The number of anilines is 1. The second-order valence-corrected chi connectivity index (χ2v) is 11.1. The van der Waals surface area contributed by atoms with Crippen LogP contribution in [0.25, 0.3) is 22.0 Å². The number of nitrogen functional groups attached to an aromatic ring is 1. The van der Waals surface area contributed by atoms with Gasteiger partial charge in [-0.1, -0.05) is 36.4 Å². The number of carbonyl (C=O) groups excluding carboxylic acids is 1. The molecule has 1 aliphatic rings. The number of aryl methyl sites for hydroxylation is 1. The molecule has 6 N–H and O–H groups in total. The van der Waals surface area contributed by atoms with E-state index >= 15 is 0 Å². The van der Waals surface area contributed by atoms with Gasteiger partial charge in [-0.3, -0.25) is 4.79 Å². The van der Waals surface area contributed by atoms with Gasteiger partial charge >= 0.3 is 0 Å². The third-order valence-corrected chi connectivity index (χ3v) is 8.11. The van der Waals surface area contributed by atoms with Crippen molar-refractivity contribution < 1.29 is 19.4 Å². The van der Waals surface area contributed by atoms with Crippen molar-refractivity contribution in [3.63, 3.8) is 0 Å². The fraction of sp³-hybridized carbons (Fsp3) is 0.375. The number of nitrogens with two attached hydrogens (primary N) is 2. The maximum absolute atomic E-state index is 15.0. The Labute approximate surface area is 239 Å². The molecule has 1 saturated heterocycles. The number of likely N-dealkylation sites (tertiary alicyclic amines) is 1. The number of aromatic nitrogens is 2. The van der Waals surface area contributed by atoms with Crippen LogP contribution in [-0.4, -0.2) is 62.4 Å². The Morgan fingerprint density at radius 3 is 2.61 bits per heavy atom. The molecular formula is C32H38FN5O3. The van der Waals surface area contributed by atoms with Crippen molar-refractivity contribution in [3.8, 4) is 11.1 Å². The summed E-state index contributed by atoms with van der Waals surface area (Å²) in [7, 11) is 0. The molecule has 0 saturated carbocycles. The molecule has 1 fully saturated rings. The van der Waals surface area contributed by atoms with E-state index in [0.717, 1.165) is 46.2 Å². The summed E-state index contributed by atoms with van der Waals surface area (Å²) < 4.78 is 16.8. The van der Waals surface area contributed by atoms with E-state index in [2.05, 4.69) is 4.98 Å². The van der Waals surface area contributed by atoms with Gasteiger partial charge in [-0.15, -0.1) is 0 Å². The Balaban J connectivity index is 1.27. The molecule has 5 rings (SSSR count). The van der Waals surface area contributed by atoms with E-state index in [9.17, 15) is 19.4 Å². The Bertz CT molecular complexity index is 1500. The van der Waals surface area contributed by atoms with E-state index in [0.29, 0.717) is 30.8 Å². The number of rotatable bonds is 9. The number of fused-ring (bicyclic) bond motifs is 1. The minimum Gasteiger partial charge on any atom is -0.394 e. The van der Waals surface area contributed by atoms with Crippen LogP contribution >= 0.6 is 0 Å². The second-order valence-electron chi connectivity index (χ2n) is 11.1. The molecule has 3 heterocycles. The highest BCUT2D eigenvalue weighted by Gasteiger charge is 2.31. The van der Waals surface area contributed by atoms with Crippen molar-refractivity contribution >= 4 is 22.6 Å². The van der Waals surface area contributed by atoms with Crippen LogP contribution in [0.15, 0.2) is 60.8 Å². The number of aliphatic hydroxyl groups excluding tert-OH is 2. The van der Waals surface area contributed by atoms with Gasteiger partial charge in [-0.2, -0.15) is 0 Å². The van der Waals surface area contributed by atoms with Crippen LogP contribution in [0.1, 0.15) is 42.0 Å². The summed E-state index contributed by atoms with van der Waals surface area (Å²) in [4.78, 5) is 19.4. The molecule has 9 heteroatoms. The zero-order chi connectivity index (χ0) is 29.1. The molecule has 0 spiro atoms. The van der Waals surface area contributed by atoms with Gasteiger partial charge < -0.3 is 31.1 Å². The lowest BCUT2D eigenvalue weighted by Gasteiger charge is -2.34. The minimum atomic E-state index is -1.01. The van der Waals surface area contributed by atoms with Crippen LogP contribution in [0.2, 0.25) is 0 Å². The molecule has 3 atom stereocenters. The van der Waals surface area contributed by atoms with Crippen molar-refractivity contribution in [1.29, 1.82) is 0 Å². The lowest BCUT2D eigenvalue weighted by molar-refractivity contribution is -0.132. The Kier molecular flexibility index (Phi) is 8.68. The number of carbonyl (C=O) groups is 1. The van der Waals surface area contributed by atoms with E-state index in [1.807, 2.05) is 48.2 Å². The molecule has 0 radical (unpaired) electrons. The van der Waals surface area contributed by atoms with Crippen LogP contribution in [0, 0.1) is 12.7 Å². The molecule has 1 amide bonds. The lowest BCUT2D eigenvalue weighted by Crippen LogP contribution is -2.42. The van der Waals surface area contributed by atoms with Crippen LogP contribution in [0.3, 0.4) is 0 Å². The summed E-state index contributed by atoms with van der Waals surface area (Å²) in [5.74, 6) is 0.105. The van der Waals surface area contributed by atoms with Gasteiger partial charge in [0.05, 0.1) is 24.8 Å². The summed E-state index contributed by atoms with van der Waals surface area (Å²) in [5, 5.41) is 20.5. The number of amides is 1. The van der Waals surface area contributed by atoms with Crippen molar-refractivity contribution in [2.24, 2.45) is 5.73 Å². The van der Waals surface area contributed by atoms with Crippen LogP contribution in [0.5, 0.6) is 0 Å². The summed E-state index contributed by atoms with van der Waals surface area (Å²) in [5.41, 5.74) is 17.5. The quantitative estimate of drug-likeness (QED) is 0.247. The zero-order valence-corrected chi connectivity index (χ0v) is 23.3. The van der Waals surface area contributed by atoms with Gasteiger partial charge in [-0.25, -0.2) is 9.37 Å². The smallest absolute Gasteiger partial charge is 0.224 e. The summed E-state index contributed by atoms with van der Waals surface area (Å²) in [6, 6.07) is 16.4. The van der Waals surface area contributed by atoms with Gasteiger partial charge in [-0.05, 0) is 61.1 Å². The van der Waals surface area contributed by atoms with Crippen molar-refractivity contribution in [2.75, 3.05) is 25.4 Å². The van der Waals surface area contributed by atoms with Gasteiger partial charge in [0, 0.05) is 54.3 Å². The largest absolute Gasteiger partial charge is 0.394 e. The average Bonchev–Trinajstić information content (AvgIpc) is 3.25. The first-order chi connectivity index (χ1) is 19.7. The SMILES string of the molecule is Cc1c(C2CCCN(C(=O)CC(N)Cc3ccc(-c4ccc(N)nc4)cc3)C2)n(CC(O)CO)c2c(F)cccc12. The van der Waals surface area contributed by atoms with E-state index in [1.165, 1.54) is 6.07 Å². The standard InChI is InChI=1S/C32H38FN5O3/c1-20-27-5-2-6-28(33)32(27)38(18-26(40)19-39)31(20)24-4-3-13-37(17-24)30(41)15-25(34)14-21-7-9-22(10-8-21)23-11-12-29(35)36-16-23/h2,5-12,16,24-26,39-40H,3-4,13-15,17-19,34H2,1H3,(H2,35,36). The van der Waals surface area contributed by atoms with Gasteiger partial charge in [0.2, 0.25) is 5.91 Å². The van der Waals surface area contributed by atoms with Crippen LogP contribution in [0.4, 0.5) is 10.2 Å². The number of halogens is 1. The molecule has 4 aromatic rings. The molecule has 41 heavy (non-hydrogen) atoms. The lowest BCUT2D eigenvalue weighted by atomic mass is 9.91. The number of nitrogens with zero attached hydrogens (tertiary/aromatic N) is 3. The molecule has 8 nitrogen and oxygen atoms in total. The first-order valence-corrected chi connectivity index (χ1v) is 14.2. The first kappa shape index (κ1) is 28.7. The summed E-state index contributed by atoms with van der Waals surface area (Å²) in [6.45, 7) is 2.79. The third kappa shape index (κ3) is 6.27. The highest BCUT2D eigenvalue weighted by atomic mass is 19.1. The number of benzene rings is 2. The first-order valence-electron chi connectivity index (χ1n) is 14.2. The van der Waals surface area contributed by atoms with Gasteiger partial charge in [0.25, 0.3) is 0 Å². The predicted octanol–water partition coefficient (Wildman–Crippen LogP) is 3.75. The average molecular weight is 560 g/mol. The highest BCUT2D eigenvalue weighted by molar-refractivity contribution is 5.86. The molecular weight excluding hydrogens is 521 g/mol. The number of pyridine rings is 1. The normalized spacial score (nSPS) is 17.1. The molecule has 3 unspecified atom stereocenters. The molecule has 0 aliphatic carbocycles. The molecule has 216 valence electrons. The van der Waals surface area contributed by atoms with Gasteiger partial charge in [0.1, 0.15) is 11.6 Å². The number of hydrogen-bond acceptors (Lipinski definition) is 6. The number of hydrogen-bond donors (Lipinski definition) is 4. The van der Waals surface area contributed by atoms with E-state index in [4.69, 9.17) is 11.5 Å². The molecule has 0 bridgehead atoms. The Morgan fingerprint density at radius 2 is 1.90 bits per heavy atom. The van der Waals surface area contributed by atoms with Crippen LogP contribution in [-0.2, 0) is 17.8 Å². The number of aliphatic hydroxyl groups is 2. The summed E-state index contributed by atoms with van der Waals surface area (Å²) >= 11 is 0. The monoisotopic (exact) mass is 559 g/mol. The van der Waals surface area contributed by atoms with Gasteiger partial charge in [0.15, 0.2) is 0 Å². The predicted molar refractivity (Wildman–Crippen MR) is 159 cm³/mol. The highest BCUT2D eigenvalue weighted by Crippen LogP contribution is 2.37. The Hall–Kier alpha value is -3.79. The van der Waals surface area contributed by atoms with Crippen molar-refractivity contribution in [1.82, 2.24) is 14.5 Å². The third-order valence-electron chi connectivity index (χ3n) is 8.11. The van der Waals surface area contributed by atoms with E-state index in [-0.39, 0.29) is 36.6 Å². The summed E-state index contributed by atoms with van der Waals surface area (Å²) in [6.07, 6.45) is 3.21. The molecule has 2 aromatic heterocycles. The fourth-order valence-electron chi connectivity index (χ4n) is 6.10. The zero-order valence-electron chi connectivity index (χ0n) is 23.3. The Morgan fingerprint density at radius 1 is 1.15 bits per heavy atom. The maximum atomic E-state index is 15.0.